The van der Waals surface area contributed by atoms with E-state index in [4.69, 9.17) is 0 Å². The molecular weight excluding hydrogens is 341 g/mol. The van der Waals surface area contributed by atoms with E-state index in [1.54, 1.807) is 0 Å². The molecular formula is C22H28FN3O. The number of hydrogen-bond acceptors (Lipinski definition) is 3. The van der Waals surface area contributed by atoms with Crippen molar-refractivity contribution in [2.75, 3.05) is 37.6 Å². The van der Waals surface area contributed by atoms with Gasteiger partial charge >= 0.3 is 0 Å². The van der Waals surface area contributed by atoms with Gasteiger partial charge in [-0.25, -0.2) is 4.39 Å². The monoisotopic (exact) mass is 369 g/mol. The molecule has 0 unspecified atom stereocenters. The van der Waals surface area contributed by atoms with Gasteiger partial charge in [0.15, 0.2) is 0 Å². The fourth-order valence-electron chi connectivity index (χ4n) is 3.56. The second kappa shape index (κ2) is 9.51. The van der Waals surface area contributed by atoms with Crippen molar-refractivity contribution in [1.29, 1.82) is 0 Å². The van der Waals surface area contributed by atoms with Crippen LogP contribution in [0.25, 0.3) is 0 Å². The number of halogens is 1. The van der Waals surface area contributed by atoms with E-state index >= 15 is 0 Å². The minimum atomic E-state index is -0.214. The van der Waals surface area contributed by atoms with Crippen molar-refractivity contribution in [3.05, 3.63) is 66.0 Å². The summed E-state index contributed by atoms with van der Waals surface area (Å²) in [6.07, 6.45) is 1.96. The Morgan fingerprint density at radius 2 is 1.70 bits per heavy atom. The van der Waals surface area contributed by atoms with Crippen LogP contribution in [0.5, 0.6) is 0 Å². The van der Waals surface area contributed by atoms with Crippen molar-refractivity contribution in [1.82, 2.24) is 10.2 Å². The van der Waals surface area contributed by atoms with E-state index in [0.717, 1.165) is 50.3 Å². The Morgan fingerprint density at radius 1 is 1.04 bits per heavy atom. The van der Waals surface area contributed by atoms with Gasteiger partial charge in [0.25, 0.3) is 0 Å². The van der Waals surface area contributed by atoms with Crippen LogP contribution in [0, 0.1) is 5.82 Å². The number of rotatable bonds is 7. The van der Waals surface area contributed by atoms with Crippen LogP contribution in [0.15, 0.2) is 54.6 Å². The van der Waals surface area contributed by atoms with Gasteiger partial charge in [0.2, 0.25) is 5.91 Å². The van der Waals surface area contributed by atoms with Crippen LogP contribution in [0.2, 0.25) is 0 Å². The van der Waals surface area contributed by atoms with Gasteiger partial charge in [0, 0.05) is 31.9 Å². The third-order valence-electron chi connectivity index (χ3n) is 5.05. The zero-order valence-electron chi connectivity index (χ0n) is 15.9. The number of anilines is 1. The summed E-state index contributed by atoms with van der Waals surface area (Å²) in [6.45, 7) is 5.90. The molecule has 4 nitrogen and oxygen atoms in total. The number of benzene rings is 2. The van der Waals surface area contributed by atoms with Crippen LogP contribution in [0.3, 0.4) is 0 Å². The lowest BCUT2D eigenvalue weighted by atomic mass is 10.0. The molecule has 5 heteroatoms. The normalized spacial score (nSPS) is 16.1. The molecule has 1 heterocycles. The Balaban J connectivity index is 1.49. The van der Waals surface area contributed by atoms with Crippen LogP contribution in [-0.2, 0) is 4.79 Å². The molecule has 0 saturated carbocycles. The lowest BCUT2D eigenvalue weighted by molar-refractivity contribution is -0.123. The molecule has 1 saturated heterocycles. The maximum Gasteiger partial charge on any atom is 0.234 e. The first-order valence-corrected chi connectivity index (χ1v) is 9.73. The van der Waals surface area contributed by atoms with E-state index in [-0.39, 0.29) is 17.8 Å². The largest absolute Gasteiger partial charge is 0.369 e. The molecule has 3 rings (SSSR count). The fraction of sp³-hybridized carbons (Fsp3) is 0.409. The van der Waals surface area contributed by atoms with Crippen LogP contribution in [0.4, 0.5) is 10.1 Å². The van der Waals surface area contributed by atoms with E-state index in [9.17, 15) is 9.18 Å². The molecule has 0 radical (unpaired) electrons. The molecule has 0 spiro atoms. The Hall–Kier alpha value is -2.40. The Morgan fingerprint density at radius 3 is 2.33 bits per heavy atom. The van der Waals surface area contributed by atoms with Crippen molar-refractivity contribution in [3.8, 4) is 0 Å². The van der Waals surface area contributed by atoms with Gasteiger partial charge in [-0.3, -0.25) is 9.69 Å². The second-order valence-electron chi connectivity index (χ2n) is 7.06. The standard InChI is InChI=1S/C22H28FN3O/c1-2-6-21(18-7-4-3-5-8-18)24-22(27)17-25-13-15-26(16-14-25)20-11-9-19(23)10-12-20/h3-5,7-12,21H,2,6,13-17H2,1H3,(H,24,27)/t21-/m0/s1. The second-order valence-corrected chi connectivity index (χ2v) is 7.06. The minimum Gasteiger partial charge on any atom is -0.369 e. The quantitative estimate of drug-likeness (QED) is 0.810. The predicted molar refractivity (Wildman–Crippen MR) is 107 cm³/mol. The van der Waals surface area contributed by atoms with Crippen molar-refractivity contribution in [3.63, 3.8) is 0 Å². The lowest BCUT2D eigenvalue weighted by Gasteiger charge is -2.36. The Bertz CT molecular complexity index is 712. The number of nitrogens with one attached hydrogen (secondary N) is 1. The van der Waals surface area contributed by atoms with Gasteiger partial charge in [-0.15, -0.1) is 0 Å². The first-order valence-electron chi connectivity index (χ1n) is 9.73. The number of nitrogens with zero attached hydrogens (tertiary/aromatic N) is 2. The number of carbonyl (C=O) groups excluding carboxylic acids is 1. The van der Waals surface area contributed by atoms with Crippen molar-refractivity contribution in [2.45, 2.75) is 25.8 Å². The SMILES string of the molecule is CCC[C@H](NC(=O)CN1CCN(c2ccc(F)cc2)CC1)c1ccccc1. The molecule has 1 aliphatic rings. The Kier molecular flexibility index (Phi) is 6.82. The van der Waals surface area contributed by atoms with E-state index in [1.807, 2.05) is 30.3 Å². The average Bonchev–Trinajstić information content (AvgIpc) is 2.70. The van der Waals surface area contributed by atoms with Gasteiger partial charge in [-0.05, 0) is 36.2 Å². The zero-order valence-corrected chi connectivity index (χ0v) is 15.9. The molecule has 27 heavy (non-hydrogen) atoms. The first-order chi connectivity index (χ1) is 13.2. The van der Waals surface area contributed by atoms with E-state index in [0.29, 0.717) is 6.54 Å². The van der Waals surface area contributed by atoms with E-state index in [2.05, 4.69) is 34.2 Å². The fourth-order valence-corrected chi connectivity index (χ4v) is 3.56. The lowest BCUT2D eigenvalue weighted by Crippen LogP contribution is -2.49. The van der Waals surface area contributed by atoms with Crippen LogP contribution < -0.4 is 10.2 Å². The summed E-state index contributed by atoms with van der Waals surface area (Å²) in [7, 11) is 0. The van der Waals surface area contributed by atoms with Crippen molar-refractivity contribution >= 4 is 11.6 Å². The zero-order chi connectivity index (χ0) is 19.1. The van der Waals surface area contributed by atoms with Gasteiger partial charge < -0.3 is 10.2 Å². The van der Waals surface area contributed by atoms with Crippen LogP contribution in [-0.4, -0.2) is 43.5 Å². The summed E-state index contributed by atoms with van der Waals surface area (Å²) >= 11 is 0. The first kappa shape index (κ1) is 19.4. The highest BCUT2D eigenvalue weighted by Crippen LogP contribution is 2.19. The van der Waals surface area contributed by atoms with Crippen LogP contribution in [0.1, 0.15) is 31.4 Å². The molecule has 144 valence electrons. The topological polar surface area (TPSA) is 35.6 Å². The maximum absolute atomic E-state index is 13.1. The predicted octanol–water partition coefficient (Wildman–Crippen LogP) is 3.61. The van der Waals surface area contributed by atoms with Crippen LogP contribution >= 0.6 is 0 Å². The highest BCUT2D eigenvalue weighted by molar-refractivity contribution is 5.78. The molecule has 1 aliphatic heterocycles. The maximum atomic E-state index is 13.1. The minimum absolute atomic E-state index is 0.0733. The Labute approximate surface area is 161 Å². The third-order valence-corrected chi connectivity index (χ3v) is 5.05. The molecule has 1 amide bonds. The van der Waals surface area contributed by atoms with Crippen molar-refractivity contribution in [2.24, 2.45) is 0 Å². The summed E-state index contributed by atoms with van der Waals surface area (Å²) in [5.41, 5.74) is 2.20. The highest BCUT2D eigenvalue weighted by Gasteiger charge is 2.21. The summed E-state index contributed by atoms with van der Waals surface area (Å²) < 4.78 is 13.1. The molecule has 2 aromatic rings. The summed E-state index contributed by atoms with van der Waals surface area (Å²) in [4.78, 5) is 17.0. The number of carbonyl (C=O) groups is 1. The van der Waals surface area contributed by atoms with Gasteiger partial charge in [-0.2, -0.15) is 0 Å². The molecule has 2 aromatic carbocycles. The number of piperazine rings is 1. The molecule has 1 fully saturated rings. The van der Waals surface area contributed by atoms with E-state index < -0.39 is 0 Å². The summed E-state index contributed by atoms with van der Waals surface area (Å²) in [5.74, 6) is -0.137. The summed E-state index contributed by atoms with van der Waals surface area (Å²) in [5, 5.41) is 3.19. The number of hydrogen-bond donors (Lipinski definition) is 1. The molecule has 1 N–H and O–H groups in total. The van der Waals surface area contributed by atoms with Gasteiger partial charge in [0.05, 0.1) is 12.6 Å². The molecule has 1 atom stereocenters. The summed E-state index contributed by atoms with van der Waals surface area (Å²) in [6, 6.07) is 16.8. The molecule has 0 aromatic heterocycles. The molecule has 0 aliphatic carbocycles. The third kappa shape index (κ3) is 5.54. The number of amides is 1. The molecule has 0 bridgehead atoms. The van der Waals surface area contributed by atoms with E-state index in [1.165, 1.54) is 12.1 Å². The van der Waals surface area contributed by atoms with Crippen molar-refractivity contribution < 1.29 is 9.18 Å². The average molecular weight is 369 g/mol. The smallest absolute Gasteiger partial charge is 0.234 e. The highest BCUT2D eigenvalue weighted by atomic mass is 19.1. The van der Waals surface area contributed by atoms with Gasteiger partial charge in [-0.1, -0.05) is 43.7 Å². The van der Waals surface area contributed by atoms with Gasteiger partial charge in [0.1, 0.15) is 5.82 Å².